The van der Waals surface area contributed by atoms with E-state index in [0.29, 0.717) is 18.0 Å². The first-order valence-corrected chi connectivity index (χ1v) is 8.95. The number of furan rings is 1. The van der Waals surface area contributed by atoms with Crippen LogP contribution in [-0.2, 0) is 10.0 Å². The molecule has 0 amide bonds. The second-order valence-electron chi connectivity index (χ2n) is 6.09. The molecular weight excluding hydrogens is 298 g/mol. The Hall–Kier alpha value is -1.59. The lowest BCUT2D eigenvalue weighted by molar-refractivity contribution is 0.444. The van der Waals surface area contributed by atoms with Gasteiger partial charge in [0.25, 0.3) is 0 Å². The molecule has 0 spiro atoms. The van der Waals surface area contributed by atoms with Gasteiger partial charge in [-0.3, -0.25) is 0 Å². The molecule has 2 aromatic rings. The van der Waals surface area contributed by atoms with Gasteiger partial charge in [0.05, 0.1) is 11.2 Å². The molecule has 1 saturated heterocycles. The monoisotopic (exact) mass is 319 g/mol. The number of rotatable bonds is 3. The molecule has 1 aromatic heterocycles. The second kappa shape index (κ2) is 5.56. The van der Waals surface area contributed by atoms with Crippen LogP contribution in [0.2, 0.25) is 0 Å². The minimum absolute atomic E-state index is 0.149. The van der Waals surface area contributed by atoms with Gasteiger partial charge in [-0.1, -0.05) is 17.7 Å². The molecule has 1 aliphatic heterocycles. The minimum atomic E-state index is -3.45. The van der Waals surface area contributed by atoms with Crippen LogP contribution in [0.15, 0.2) is 39.8 Å². The maximum Gasteiger partial charge on any atom is 0.243 e. The number of hydrogen-bond donors (Lipinski definition) is 0. The van der Waals surface area contributed by atoms with Crippen molar-refractivity contribution in [2.24, 2.45) is 0 Å². The Bertz CT molecular complexity index is 755. The molecule has 0 aliphatic carbocycles. The summed E-state index contributed by atoms with van der Waals surface area (Å²) in [4.78, 5) is 0.457. The van der Waals surface area contributed by atoms with Gasteiger partial charge in [-0.05, 0) is 50.5 Å². The summed E-state index contributed by atoms with van der Waals surface area (Å²) >= 11 is 0. The van der Waals surface area contributed by atoms with Crippen molar-refractivity contribution in [3.63, 3.8) is 0 Å². The summed E-state index contributed by atoms with van der Waals surface area (Å²) in [6, 6.07) is 7.63. The van der Waals surface area contributed by atoms with Gasteiger partial charge in [-0.15, -0.1) is 0 Å². The zero-order chi connectivity index (χ0) is 15.9. The van der Waals surface area contributed by atoms with Crippen molar-refractivity contribution in [3.8, 4) is 0 Å². The minimum Gasteiger partial charge on any atom is -0.469 e. The summed E-state index contributed by atoms with van der Waals surface area (Å²) in [7, 11) is -3.45. The maximum absolute atomic E-state index is 13.0. The van der Waals surface area contributed by atoms with Gasteiger partial charge in [-0.25, -0.2) is 8.42 Å². The lowest BCUT2D eigenvalue weighted by Crippen LogP contribution is -2.29. The Balaban J connectivity index is 1.92. The first-order valence-electron chi connectivity index (χ1n) is 7.51. The number of aryl methyl sites for hydroxylation is 3. The molecule has 0 N–H and O–H groups in total. The fourth-order valence-electron chi connectivity index (χ4n) is 3.41. The summed E-state index contributed by atoms with van der Waals surface area (Å²) < 4.78 is 33.0. The van der Waals surface area contributed by atoms with E-state index in [1.807, 2.05) is 45.0 Å². The van der Waals surface area contributed by atoms with Crippen LogP contribution in [0.25, 0.3) is 0 Å². The van der Waals surface area contributed by atoms with Crippen molar-refractivity contribution in [1.29, 1.82) is 0 Å². The normalized spacial score (nSPS) is 19.7. The highest BCUT2D eigenvalue weighted by Gasteiger charge is 2.35. The third-order valence-corrected chi connectivity index (χ3v) is 6.47. The van der Waals surface area contributed by atoms with Gasteiger partial charge in [-0.2, -0.15) is 4.31 Å². The average molecular weight is 319 g/mol. The second-order valence-corrected chi connectivity index (χ2v) is 7.97. The van der Waals surface area contributed by atoms with Crippen molar-refractivity contribution in [2.45, 2.75) is 38.0 Å². The highest BCUT2D eigenvalue weighted by Crippen LogP contribution is 2.33. The Morgan fingerprint density at radius 2 is 1.86 bits per heavy atom. The van der Waals surface area contributed by atoms with Gasteiger partial charge in [0.15, 0.2) is 0 Å². The highest BCUT2D eigenvalue weighted by atomic mass is 32.2. The summed E-state index contributed by atoms with van der Waals surface area (Å²) in [5.74, 6) is 1.02. The molecule has 118 valence electrons. The molecule has 0 saturated carbocycles. The quantitative estimate of drug-likeness (QED) is 0.871. The first kappa shape index (κ1) is 15.3. The van der Waals surface area contributed by atoms with E-state index in [1.165, 1.54) is 0 Å². The topological polar surface area (TPSA) is 50.5 Å². The fourth-order valence-corrected chi connectivity index (χ4v) is 5.32. The van der Waals surface area contributed by atoms with E-state index in [1.54, 1.807) is 10.6 Å². The fraction of sp³-hybridized carbons (Fsp3) is 0.412. The van der Waals surface area contributed by atoms with Gasteiger partial charge >= 0.3 is 0 Å². The van der Waals surface area contributed by atoms with Crippen molar-refractivity contribution in [2.75, 3.05) is 13.1 Å². The predicted molar refractivity (Wildman–Crippen MR) is 85.5 cm³/mol. The van der Waals surface area contributed by atoms with Crippen molar-refractivity contribution in [1.82, 2.24) is 4.31 Å². The average Bonchev–Trinajstić information content (AvgIpc) is 3.08. The Morgan fingerprint density at radius 1 is 1.18 bits per heavy atom. The van der Waals surface area contributed by atoms with Crippen molar-refractivity contribution >= 4 is 10.0 Å². The summed E-state index contributed by atoms with van der Waals surface area (Å²) in [6.07, 6.45) is 2.44. The summed E-state index contributed by atoms with van der Waals surface area (Å²) in [5.41, 5.74) is 2.72. The Labute approximate surface area is 131 Å². The van der Waals surface area contributed by atoms with E-state index in [-0.39, 0.29) is 5.92 Å². The van der Waals surface area contributed by atoms with E-state index in [4.69, 9.17) is 4.42 Å². The van der Waals surface area contributed by atoms with Gasteiger partial charge in [0.1, 0.15) is 5.76 Å². The van der Waals surface area contributed by atoms with Crippen molar-refractivity contribution in [3.05, 3.63) is 53.0 Å². The van der Waals surface area contributed by atoms with Gasteiger partial charge in [0.2, 0.25) is 10.0 Å². The first-order chi connectivity index (χ1) is 10.4. The smallest absolute Gasteiger partial charge is 0.243 e. The van der Waals surface area contributed by atoms with E-state index >= 15 is 0 Å². The van der Waals surface area contributed by atoms with E-state index < -0.39 is 10.0 Å². The number of nitrogens with zero attached hydrogens (tertiary/aromatic N) is 1. The molecule has 1 atom stereocenters. The number of hydrogen-bond acceptors (Lipinski definition) is 3. The van der Waals surface area contributed by atoms with Crippen LogP contribution in [0.4, 0.5) is 0 Å². The molecule has 0 bridgehead atoms. The van der Waals surface area contributed by atoms with Crippen LogP contribution in [0.5, 0.6) is 0 Å². The number of sulfonamides is 1. The molecular formula is C17H21NO3S. The van der Waals surface area contributed by atoms with Crippen LogP contribution in [0.3, 0.4) is 0 Å². The predicted octanol–water partition coefficient (Wildman–Crippen LogP) is 3.38. The highest BCUT2D eigenvalue weighted by molar-refractivity contribution is 7.89. The van der Waals surface area contributed by atoms with E-state index in [9.17, 15) is 8.42 Å². The molecule has 4 nitrogen and oxygen atoms in total. The number of benzene rings is 1. The third-order valence-electron chi connectivity index (χ3n) is 4.30. The zero-order valence-corrected chi connectivity index (χ0v) is 14.0. The Morgan fingerprint density at radius 3 is 2.45 bits per heavy atom. The summed E-state index contributed by atoms with van der Waals surface area (Å²) in [6.45, 7) is 6.75. The van der Waals surface area contributed by atoms with Crippen LogP contribution in [0, 0.1) is 20.8 Å². The van der Waals surface area contributed by atoms with Gasteiger partial charge < -0.3 is 4.42 Å². The standard InChI is InChI=1S/C17H21NO3S/c1-12-9-13(2)17(14(3)10-12)22(19,20)18-7-6-15(11-18)16-5-4-8-21-16/h4-5,8-10,15H,6-7,11H2,1-3H3. The molecule has 0 radical (unpaired) electrons. The van der Waals surface area contributed by atoms with E-state index in [0.717, 1.165) is 28.9 Å². The molecule has 1 unspecified atom stereocenters. The van der Waals surface area contributed by atoms with Crippen molar-refractivity contribution < 1.29 is 12.8 Å². The molecule has 1 fully saturated rings. The molecule has 1 aromatic carbocycles. The Kier molecular flexibility index (Phi) is 3.87. The maximum atomic E-state index is 13.0. The van der Waals surface area contributed by atoms with Crippen LogP contribution >= 0.6 is 0 Å². The molecule has 5 heteroatoms. The SMILES string of the molecule is Cc1cc(C)c(S(=O)(=O)N2CCC(c3ccco3)C2)c(C)c1. The molecule has 22 heavy (non-hydrogen) atoms. The van der Waals surface area contributed by atoms with Crippen LogP contribution < -0.4 is 0 Å². The summed E-state index contributed by atoms with van der Waals surface area (Å²) in [5, 5.41) is 0. The van der Waals surface area contributed by atoms with Crippen LogP contribution in [-0.4, -0.2) is 25.8 Å². The lowest BCUT2D eigenvalue weighted by atomic mass is 10.1. The van der Waals surface area contributed by atoms with Crippen LogP contribution in [0.1, 0.15) is 34.8 Å². The molecule has 3 rings (SSSR count). The zero-order valence-electron chi connectivity index (χ0n) is 13.2. The molecule has 1 aliphatic rings. The third kappa shape index (κ3) is 2.59. The largest absolute Gasteiger partial charge is 0.469 e. The molecule has 2 heterocycles. The van der Waals surface area contributed by atoms with Gasteiger partial charge in [0, 0.05) is 19.0 Å². The van der Waals surface area contributed by atoms with E-state index in [2.05, 4.69) is 0 Å². The lowest BCUT2D eigenvalue weighted by Gasteiger charge is -2.20.